The molecule has 4 heteroatoms. The maximum atomic E-state index is 13.0. The molecule has 0 radical (unpaired) electrons. The summed E-state index contributed by atoms with van der Waals surface area (Å²) in [7, 11) is 0. The Morgan fingerprint density at radius 2 is 2.00 bits per heavy atom. The number of rotatable bonds is 2. The molecule has 1 aliphatic rings. The molecule has 0 heterocycles. The zero-order valence-corrected chi connectivity index (χ0v) is 8.75. The van der Waals surface area contributed by atoms with Crippen LogP contribution >= 0.6 is 0 Å². The summed E-state index contributed by atoms with van der Waals surface area (Å²) in [5, 5.41) is 2.66. The third kappa shape index (κ3) is 1.90. The van der Waals surface area contributed by atoms with Crippen LogP contribution in [0.5, 0.6) is 0 Å². The molecule has 2 atom stereocenters. The van der Waals surface area contributed by atoms with Gasteiger partial charge in [-0.25, -0.2) is 0 Å². The summed E-state index contributed by atoms with van der Waals surface area (Å²) in [5.41, 5.74) is -1.62. The van der Waals surface area contributed by atoms with E-state index >= 15 is 0 Å². The average molecular weight is 209 g/mol. The van der Waals surface area contributed by atoms with Gasteiger partial charge in [0, 0.05) is 0 Å². The molecule has 0 aliphatic heterocycles. The zero-order chi connectivity index (χ0) is 10.8. The van der Waals surface area contributed by atoms with Crippen molar-refractivity contribution in [1.82, 2.24) is 5.32 Å². The molecular formula is C10H18F3N. The van der Waals surface area contributed by atoms with E-state index in [-0.39, 0.29) is 12.3 Å². The smallest absolute Gasteiger partial charge is 0.304 e. The number of nitrogens with one attached hydrogen (secondary N) is 1. The van der Waals surface area contributed by atoms with Crippen LogP contribution < -0.4 is 5.32 Å². The van der Waals surface area contributed by atoms with Gasteiger partial charge in [0.05, 0.1) is 0 Å². The molecule has 0 bridgehead atoms. The largest absolute Gasteiger partial charge is 0.406 e. The third-order valence-corrected chi connectivity index (χ3v) is 3.30. The molecule has 1 nitrogen and oxygen atoms in total. The van der Waals surface area contributed by atoms with Gasteiger partial charge in [0.1, 0.15) is 5.54 Å². The first-order valence-electron chi connectivity index (χ1n) is 5.26. The van der Waals surface area contributed by atoms with Gasteiger partial charge < -0.3 is 5.32 Å². The molecule has 0 amide bonds. The first-order valence-corrected chi connectivity index (χ1v) is 5.26. The van der Waals surface area contributed by atoms with Gasteiger partial charge in [0.15, 0.2) is 0 Å². The van der Waals surface area contributed by atoms with E-state index in [9.17, 15) is 13.2 Å². The number of hydrogen-bond acceptors (Lipinski definition) is 1. The molecule has 14 heavy (non-hydrogen) atoms. The lowest BCUT2D eigenvalue weighted by atomic mass is 9.73. The molecule has 1 aliphatic carbocycles. The maximum Gasteiger partial charge on any atom is 0.406 e. The van der Waals surface area contributed by atoms with Crippen molar-refractivity contribution in [2.75, 3.05) is 6.54 Å². The second-order valence-electron chi connectivity index (χ2n) is 4.15. The molecule has 84 valence electrons. The van der Waals surface area contributed by atoms with E-state index in [2.05, 4.69) is 5.32 Å². The first-order chi connectivity index (χ1) is 6.44. The maximum absolute atomic E-state index is 13.0. The number of hydrogen-bond donors (Lipinski definition) is 1. The normalized spacial score (nSPS) is 34.5. The van der Waals surface area contributed by atoms with Crippen LogP contribution in [-0.2, 0) is 0 Å². The van der Waals surface area contributed by atoms with E-state index in [1.54, 1.807) is 13.8 Å². The van der Waals surface area contributed by atoms with Gasteiger partial charge in [-0.3, -0.25) is 0 Å². The monoisotopic (exact) mass is 209 g/mol. The number of halogens is 3. The van der Waals surface area contributed by atoms with Crippen LogP contribution in [0.15, 0.2) is 0 Å². The van der Waals surface area contributed by atoms with E-state index in [4.69, 9.17) is 0 Å². The minimum absolute atomic E-state index is 0.228. The van der Waals surface area contributed by atoms with E-state index in [0.717, 1.165) is 6.42 Å². The van der Waals surface area contributed by atoms with Gasteiger partial charge in [-0.15, -0.1) is 0 Å². The molecule has 2 unspecified atom stereocenters. The average Bonchev–Trinajstić information content (AvgIpc) is 2.07. The predicted octanol–water partition coefficient (Wildman–Crippen LogP) is 3.11. The van der Waals surface area contributed by atoms with Crippen LogP contribution in [0, 0.1) is 5.92 Å². The van der Waals surface area contributed by atoms with Gasteiger partial charge in [0.25, 0.3) is 0 Å². The Labute approximate surface area is 83.1 Å². The van der Waals surface area contributed by atoms with E-state index < -0.39 is 11.7 Å². The first kappa shape index (κ1) is 11.8. The second kappa shape index (κ2) is 4.09. The minimum atomic E-state index is -4.12. The summed E-state index contributed by atoms with van der Waals surface area (Å²) < 4.78 is 38.9. The van der Waals surface area contributed by atoms with Crippen LogP contribution in [0.25, 0.3) is 0 Å². The highest BCUT2D eigenvalue weighted by Crippen LogP contribution is 2.44. The molecular weight excluding hydrogens is 191 g/mol. The Hall–Kier alpha value is -0.250. The van der Waals surface area contributed by atoms with Crippen LogP contribution in [0.1, 0.15) is 39.5 Å². The molecule has 1 fully saturated rings. The fraction of sp³-hybridized carbons (Fsp3) is 1.00. The van der Waals surface area contributed by atoms with Crippen molar-refractivity contribution in [3.05, 3.63) is 0 Å². The molecule has 0 aromatic heterocycles. The Morgan fingerprint density at radius 1 is 1.36 bits per heavy atom. The fourth-order valence-corrected chi connectivity index (χ4v) is 2.45. The molecule has 0 aromatic carbocycles. The van der Waals surface area contributed by atoms with Crippen molar-refractivity contribution in [1.29, 1.82) is 0 Å². The van der Waals surface area contributed by atoms with Crippen molar-refractivity contribution in [3.8, 4) is 0 Å². The van der Waals surface area contributed by atoms with Crippen molar-refractivity contribution < 1.29 is 13.2 Å². The lowest BCUT2D eigenvalue weighted by molar-refractivity contribution is -0.219. The number of alkyl halides is 3. The van der Waals surface area contributed by atoms with Crippen LogP contribution in [0.4, 0.5) is 13.2 Å². The second-order valence-corrected chi connectivity index (χ2v) is 4.15. The molecule has 1 saturated carbocycles. The SMILES string of the molecule is CCNC1(C(F)(F)F)CCCCC1C. The van der Waals surface area contributed by atoms with Crippen LogP contribution in [0.2, 0.25) is 0 Å². The third-order valence-electron chi connectivity index (χ3n) is 3.30. The predicted molar refractivity (Wildman–Crippen MR) is 50.1 cm³/mol. The molecule has 1 rings (SSSR count). The summed E-state index contributed by atoms with van der Waals surface area (Å²) in [4.78, 5) is 0. The summed E-state index contributed by atoms with van der Waals surface area (Å²) in [5.74, 6) is -0.309. The summed E-state index contributed by atoms with van der Waals surface area (Å²) in [6.45, 7) is 3.81. The highest BCUT2D eigenvalue weighted by Gasteiger charge is 2.57. The van der Waals surface area contributed by atoms with Crippen molar-refractivity contribution in [2.24, 2.45) is 5.92 Å². The molecule has 0 aromatic rings. The van der Waals surface area contributed by atoms with Crippen LogP contribution in [0.3, 0.4) is 0 Å². The standard InChI is InChI=1S/C10H18F3N/c1-3-14-9(10(11,12)13)7-5-4-6-8(9)2/h8,14H,3-7H2,1-2H3. The highest BCUT2D eigenvalue weighted by atomic mass is 19.4. The summed E-state index contributed by atoms with van der Waals surface area (Å²) >= 11 is 0. The minimum Gasteiger partial charge on any atom is -0.304 e. The van der Waals surface area contributed by atoms with Gasteiger partial charge >= 0.3 is 6.18 Å². The van der Waals surface area contributed by atoms with Crippen LogP contribution in [-0.4, -0.2) is 18.3 Å². The lowest BCUT2D eigenvalue weighted by Crippen LogP contribution is -2.62. The Morgan fingerprint density at radius 3 is 2.43 bits per heavy atom. The van der Waals surface area contributed by atoms with E-state index in [1.165, 1.54) is 0 Å². The van der Waals surface area contributed by atoms with Gasteiger partial charge in [-0.05, 0) is 25.3 Å². The Kier molecular flexibility index (Phi) is 3.45. The molecule has 0 saturated heterocycles. The highest BCUT2D eigenvalue weighted by molar-refractivity contribution is 5.00. The van der Waals surface area contributed by atoms with E-state index in [0.29, 0.717) is 19.4 Å². The zero-order valence-electron chi connectivity index (χ0n) is 8.75. The van der Waals surface area contributed by atoms with Crippen molar-refractivity contribution in [2.45, 2.75) is 51.2 Å². The summed E-state index contributed by atoms with van der Waals surface area (Å²) in [6.07, 6.45) is -1.62. The van der Waals surface area contributed by atoms with Gasteiger partial charge in [-0.2, -0.15) is 13.2 Å². The fourth-order valence-electron chi connectivity index (χ4n) is 2.45. The Bertz CT molecular complexity index is 186. The van der Waals surface area contributed by atoms with Crippen molar-refractivity contribution >= 4 is 0 Å². The quantitative estimate of drug-likeness (QED) is 0.736. The van der Waals surface area contributed by atoms with Gasteiger partial charge in [-0.1, -0.05) is 26.7 Å². The Balaban J connectivity index is 2.89. The van der Waals surface area contributed by atoms with E-state index in [1.807, 2.05) is 0 Å². The topological polar surface area (TPSA) is 12.0 Å². The van der Waals surface area contributed by atoms with Gasteiger partial charge in [0.2, 0.25) is 0 Å². The summed E-state index contributed by atoms with van der Waals surface area (Å²) in [6, 6.07) is 0. The molecule has 0 spiro atoms. The molecule has 1 N–H and O–H groups in total. The van der Waals surface area contributed by atoms with Crippen molar-refractivity contribution in [3.63, 3.8) is 0 Å². The lowest BCUT2D eigenvalue weighted by Gasteiger charge is -2.44.